The predicted octanol–water partition coefficient (Wildman–Crippen LogP) is 3.58. The van der Waals surface area contributed by atoms with Gasteiger partial charge in [-0.1, -0.05) is 28.9 Å². The van der Waals surface area contributed by atoms with E-state index >= 15 is 0 Å². The number of ether oxygens (including phenoxy) is 1. The van der Waals surface area contributed by atoms with Gasteiger partial charge in [0, 0.05) is 25.6 Å². The number of carbonyl (C=O) groups is 2. The molecule has 3 heterocycles. The fourth-order valence-electron chi connectivity index (χ4n) is 3.88. The molecule has 2 aromatic rings. The van der Waals surface area contributed by atoms with Crippen LogP contribution in [0, 0.1) is 0 Å². The van der Waals surface area contributed by atoms with Crippen LogP contribution in [0.4, 0.5) is 0 Å². The topological polar surface area (TPSA) is 80.2 Å². The molecule has 31 heavy (non-hydrogen) atoms. The van der Waals surface area contributed by atoms with Gasteiger partial charge in [-0.05, 0) is 42.7 Å². The Bertz CT molecular complexity index is 975. The van der Waals surface area contributed by atoms with Gasteiger partial charge in [0.05, 0.1) is 34.1 Å². The molecule has 2 atom stereocenters. The van der Waals surface area contributed by atoms with Crippen molar-refractivity contribution in [3.8, 4) is 0 Å². The summed E-state index contributed by atoms with van der Waals surface area (Å²) in [6.07, 6.45) is 2.34. The number of nitrogens with one attached hydrogen (secondary N) is 1. The molecule has 9 heteroatoms. The number of oxime groups is 1. The number of thiophene rings is 1. The van der Waals surface area contributed by atoms with E-state index in [-0.39, 0.29) is 24.0 Å². The van der Waals surface area contributed by atoms with Crippen molar-refractivity contribution in [2.45, 2.75) is 31.4 Å². The highest BCUT2D eigenvalue weighted by molar-refractivity contribution is 7.18. The molecule has 1 fully saturated rings. The van der Waals surface area contributed by atoms with Crippen LogP contribution in [0.25, 0.3) is 0 Å². The van der Waals surface area contributed by atoms with Gasteiger partial charge in [0.15, 0.2) is 0 Å². The molecular formula is C22H24ClN3O4S. The van der Waals surface area contributed by atoms with Crippen molar-refractivity contribution in [3.63, 3.8) is 0 Å². The predicted molar refractivity (Wildman–Crippen MR) is 120 cm³/mol. The summed E-state index contributed by atoms with van der Waals surface area (Å²) in [6, 6.07) is 11.0. The summed E-state index contributed by atoms with van der Waals surface area (Å²) in [5, 5.41) is 7.02. The van der Waals surface area contributed by atoms with E-state index in [2.05, 4.69) is 10.5 Å². The van der Waals surface area contributed by atoms with Gasteiger partial charge in [-0.2, -0.15) is 0 Å². The molecule has 4 rings (SSSR count). The van der Waals surface area contributed by atoms with E-state index in [0.717, 1.165) is 30.7 Å². The Labute approximate surface area is 190 Å². The van der Waals surface area contributed by atoms with Gasteiger partial charge in [-0.3, -0.25) is 9.59 Å². The molecule has 1 unspecified atom stereocenters. The maximum Gasteiger partial charge on any atom is 0.261 e. The Morgan fingerprint density at radius 1 is 1.29 bits per heavy atom. The number of benzene rings is 1. The van der Waals surface area contributed by atoms with Gasteiger partial charge in [0.25, 0.3) is 11.8 Å². The Morgan fingerprint density at radius 2 is 2.10 bits per heavy atom. The van der Waals surface area contributed by atoms with Crippen LogP contribution in [-0.2, 0) is 9.57 Å². The Morgan fingerprint density at radius 3 is 2.81 bits per heavy atom. The van der Waals surface area contributed by atoms with Gasteiger partial charge in [0.1, 0.15) is 6.10 Å². The van der Waals surface area contributed by atoms with Gasteiger partial charge >= 0.3 is 0 Å². The quantitative estimate of drug-likeness (QED) is 0.683. The zero-order chi connectivity index (χ0) is 21.8. The monoisotopic (exact) mass is 461 g/mol. The molecule has 7 nitrogen and oxygen atoms in total. The fraction of sp³-hybridized carbons (Fsp3) is 0.409. The molecule has 1 aromatic heterocycles. The van der Waals surface area contributed by atoms with Crippen molar-refractivity contribution in [1.29, 1.82) is 0 Å². The number of methoxy groups -OCH3 is 1. The lowest BCUT2D eigenvalue weighted by Crippen LogP contribution is -2.38. The average Bonchev–Trinajstić information content (AvgIpc) is 3.53. The Kier molecular flexibility index (Phi) is 6.89. The second-order valence-corrected chi connectivity index (χ2v) is 9.33. The van der Waals surface area contributed by atoms with Crippen LogP contribution in [0.15, 0.2) is 41.6 Å². The molecular weight excluding hydrogens is 438 g/mol. The van der Waals surface area contributed by atoms with E-state index in [1.807, 2.05) is 29.2 Å². The normalized spacial score (nSPS) is 20.5. The highest BCUT2D eigenvalue weighted by atomic mass is 35.5. The first-order valence-corrected chi connectivity index (χ1v) is 11.4. The third-order valence-corrected chi connectivity index (χ3v) is 6.71. The third-order valence-electron chi connectivity index (χ3n) is 5.48. The van der Waals surface area contributed by atoms with Gasteiger partial charge in [0.2, 0.25) is 0 Å². The van der Waals surface area contributed by atoms with E-state index in [1.54, 1.807) is 19.2 Å². The first kappa shape index (κ1) is 21.8. The molecule has 0 saturated carbocycles. The number of hydrogen-bond donors (Lipinski definition) is 1. The highest BCUT2D eigenvalue weighted by Crippen LogP contribution is 2.23. The molecule has 1 N–H and O–H groups in total. The lowest BCUT2D eigenvalue weighted by molar-refractivity contribution is 0.0630. The second-order valence-electron chi connectivity index (χ2n) is 7.61. The van der Waals surface area contributed by atoms with Crippen LogP contribution >= 0.6 is 22.9 Å². The maximum atomic E-state index is 12.9. The molecule has 0 bridgehead atoms. The SMILES string of the molecule is COC[C@H]1CCCN1C(=O)c1ccc(C2=NOC(CNC(=O)c3ccc(Cl)s3)C2)cc1. The van der Waals surface area contributed by atoms with Crippen LogP contribution in [0.5, 0.6) is 0 Å². The van der Waals surface area contributed by atoms with Crippen molar-refractivity contribution in [2.75, 3.05) is 26.8 Å². The number of likely N-dealkylation sites (tertiary alicyclic amines) is 1. The molecule has 2 amide bonds. The molecule has 1 saturated heterocycles. The summed E-state index contributed by atoms with van der Waals surface area (Å²) in [4.78, 5) is 32.9. The number of nitrogens with zero attached hydrogens (tertiary/aromatic N) is 2. The summed E-state index contributed by atoms with van der Waals surface area (Å²) in [5.41, 5.74) is 2.37. The van der Waals surface area contributed by atoms with Crippen LogP contribution in [-0.4, -0.2) is 61.4 Å². The number of hydrogen-bond acceptors (Lipinski definition) is 6. The minimum atomic E-state index is -0.227. The summed E-state index contributed by atoms with van der Waals surface area (Å²) in [5.74, 6) is -0.143. The zero-order valence-electron chi connectivity index (χ0n) is 17.2. The highest BCUT2D eigenvalue weighted by Gasteiger charge is 2.29. The summed E-state index contributed by atoms with van der Waals surface area (Å²) in [6.45, 7) is 1.68. The Hall–Kier alpha value is -2.42. The number of amides is 2. The number of halogens is 1. The van der Waals surface area contributed by atoms with Gasteiger partial charge < -0.3 is 19.8 Å². The molecule has 2 aliphatic heterocycles. The summed E-state index contributed by atoms with van der Waals surface area (Å²) in [7, 11) is 1.66. The summed E-state index contributed by atoms with van der Waals surface area (Å²) < 4.78 is 5.82. The molecule has 0 radical (unpaired) electrons. The lowest BCUT2D eigenvalue weighted by Gasteiger charge is -2.24. The van der Waals surface area contributed by atoms with Crippen LogP contribution < -0.4 is 5.32 Å². The van der Waals surface area contributed by atoms with Crippen molar-refractivity contribution in [2.24, 2.45) is 5.16 Å². The first-order valence-electron chi connectivity index (χ1n) is 10.2. The molecule has 1 aromatic carbocycles. The van der Waals surface area contributed by atoms with Crippen LogP contribution in [0.2, 0.25) is 4.34 Å². The standard InChI is InChI=1S/C22H24ClN3O4S/c1-29-13-16-3-2-10-26(16)22(28)15-6-4-14(5-7-15)18-11-17(30-25-18)12-24-21(27)19-8-9-20(23)31-19/h4-9,16-17H,2-3,10-13H2,1H3,(H,24,27)/t16-,17?/m1/s1. The molecule has 0 spiro atoms. The zero-order valence-corrected chi connectivity index (χ0v) is 18.7. The van der Waals surface area contributed by atoms with Crippen molar-refractivity contribution >= 4 is 40.5 Å². The molecule has 164 valence electrons. The lowest BCUT2D eigenvalue weighted by atomic mass is 10.0. The van der Waals surface area contributed by atoms with E-state index in [4.69, 9.17) is 21.2 Å². The molecule has 0 aliphatic carbocycles. The minimum absolute atomic E-state index is 0.0324. The maximum absolute atomic E-state index is 12.9. The second kappa shape index (κ2) is 9.80. The van der Waals surface area contributed by atoms with Gasteiger partial charge in [-0.25, -0.2) is 0 Å². The average molecular weight is 462 g/mol. The largest absolute Gasteiger partial charge is 0.390 e. The minimum Gasteiger partial charge on any atom is -0.390 e. The van der Waals surface area contributed by atoms with Crippen molar-refractivity contribution < 1.29 is 19.2 Å². The third kappa shape index (κ3) is 5.08. The van der Waals surface area contributed by atoms with Crippen molar-refractivity contribution in [1.82, 2.24) is 10.2 Å². The number of carbonyl (C=O) groups excluding carboxylic acids is 2. The first-order chi connectivity index (χ1) is 15.0. The smallest absolute Gasteiger partial charge is 0.261 e. The Balaban J connectivity index is 1.30. The van der Waals surface area contributed by atoms with Crippen molar-refractivity contribution in [3.05, 3.63) is 56.7 Å². The van der Waals surface area contributed by atoms with E-state index < -0.39 is 0 Å². The van der Waals surface area contributed by atoms with Gasteiger partial charge in [-0.15, -0.1) is 11.3 Å². The molecule has 2 aliphatic rings. The summed E-state index contributed by atoms with van der Waals surface area (Å²) >= 11 is 7.11. The number of rotatable bonds is 7. The fourth-order valence-corrected chi connectivity index (χ4v) is 4.84. The van der Waals surface area contributed by atoms with E-state index in [0.29, 0.717) is 34.3 Å². The van der Waals surface area contributed by atoms with Crippen LogP contribution in [0.3, 0.4) is 0 Å². The van der Waals surface area contributed by atoms with E-state index in [9.17, 15) is 9.59 Å². The van der Waals surface area contributed by atoms with E-state index in [1.165, 1.54) is 11.3 Å². The van der Waals surface area contributed by atoms with Crippen LogP contribution in [0.1, 0.15) is 44.9 Å².